The lowest BCUT2D eigenvalue weighted by Crippen LogP contribution is -2.50. The fourth-order valence-electron chi connectivity index (χ4n) is 5.24. The van der Waals surface area contributed by atoms with Gasteiger partial charge in [0, 0.05) is 56.6 Å². The summed E-state index contributed by atoms with van der Waals surface area (Å²) in [6.45, 7) is 9.85. The molecule has 2 saturated heterocycles. The summed E-state index contributed by atoms with van der Waals surface area (Å²) in [5.74, 6) is -0.156. The van der Waals surface area contributed by atoms with Crippen molar-refractivity contribution >= 4 is 29.1 Å². The second-order valence-electron chi connectivity index (χ2n) is 10.4. The summed E-state index contributed by atoms with van der Waals surface area (Å²) in [5, 5.41) is 2.95. The number of rotatable bonds is 7. The molecule has 2 aromatic carbocycles. The van der Waals surface area contributed by atoms with Gasteiger partial charge in [0.25, 0.3) is 5.91 Å². The van der Waals surface area contributed by atoms with Crippen molar-refractivity contribution in [1.82, 2.24) is 9.80 Å². The van der Waals surface area contributed by atoms with Crippen molar-refractivity contribution < 1.29 is 14.4 Å². The van der Waals surface area contributed by atoms with Crippen molar-refractivity contribution in [2.45, 2.75) is 52.4 Å². The first kappa shape index (κ1) is 26.7. The summed E-state index contributed by atoms with van der Waals surface area (Å²) in [6, 6.07) is 15.6. The molecular weight excluding hydrogens is 464 g/mol. The van der Waals surface area contributed by atoms with Crippen LogP contribution in [0.2, 0.25) is 0 Å². The minimum Gasteiger partial charge on any atom is -0.367 e. The normalized spacial score (nSPS) is 17.0. The van der Waals surface area contributed by atoms with Crippen molar-refractivity contribution in [3.05, 3.63) is 59.7 Å². The van der Waals surface area contributed by atoms with Crippen LogP contribution in [0.25, 0.3) is 0 Å². The number of amides is 3. The molecule has 2 aromatic rings. The average molecular weight is 505 g/mol. The Hall–Kier alpha value is -3.35. The van der Waals surface area contributed by atoms with Crippen molar-refractivity contribution in [2.24, 2.45) is 5.92 Å². The number of likely N-dealkylation sites (tertiary alicyclic amines) is 1. The SMILES string of the molecule is CCC(C(=O)N1CCN(c2ccc(NC(=O)C(C)C)cc2C(=O)N2CCCCC2)CC1)c1ccccc1. The van der Waals surface area contributed by atoms with Crippen LogP contribution in [0.4, 0.5) is 11.4 Å². The van der Waals surface area contributed by atoms with Gasteiger partial charge in [0.1, 0.15) is 0 Å². The van der Waals surface area contributed by atoms with Gasteiger partial charge in [0.15, 0.2) is 0 Å². The molecule has 1 atom stereocenters. The van der Waals surface area contributed by atoms with Gasteiger partial charge in [-0.05, 0) is 49.4 Å². The second-order valence-corrected chi connectivity index (χ2v) is 10.4. The summed E-state index contributed by atoms with van der Waals surface area (Å²) in [7, 11) is 0. The van der Waals surface area contributed by atoms with E-state index in [2.05, 4.69) is 17.1 Å². The molecule has 0 bridgehead atoms. The molecule has 7 heteroatoms. The van der Waals surface area contributed by atoms with E-state index in [4.69, 9.17) is 0 Å². The Labute approximate surface area is 220 Å². The molecule has 3 amide bonds. The number of hydrogen-bond acceptors (Lipinski definition) is 4. The van der Waals surface area contributed by atoms with Crippen LogP contribution < -0.4 is 10.2 Å². The quantitative estimate of drug-likeness (QED) is 0.591. The molecule has 2 heterocycles. The van der Waals surface area contributed by atoms with Gasteiger partial charge in [0.05, 0.1) is 11.5 Å². The predicted molar refractivity (Wildman–Crippen MR) is 148 cm³/mol. The van der Waals surface area contributed by atoms with Gasteiger partial charge in [-0.1, -0.05) is 51.1 Å². The van der Waals surface area contributed by atoms with Crippen LogP contribution in [-0.2, 0) is 9.59 Å². The van der Waals surface area contributed by atoms with Crippen molar-refractivity contribution in [3.63, 3.8) is 0 Å². The maximum absolute atomic E-state index is 13.6. The maximum Gasteiger partial charge on any atom is 0.256 e. The molecule has 37 heavy (non-hydrogen) atoms. The fourth-order valence-corrected chi connectivity index (χ4v) is 5.24. The third-order valence-electron chi connectivity index (χ3n) is 7.50. The van der Waals surface area contributed by atoms with Crippen LogP contribution in [-0.4, -0.2) is 66.8 Å². The van der Waals surface area contributed by atoms with E-state index in [1.54, 1.807) is 0 Å². The Bertz CT molecular complexity index is 1090. The van der Waals surface area contributed by atoms with E-state index < -0.39 is 0 Å². The first-order chi connectivity index (χ1) is 17.9. The number of benzene rings is 2. The highest BCUT2D eigenvalue weighted by molar-refractivity contribution is 6.02. The van der Waals surface area contributed by atoms with E-state index in [0.29, 0.717) is 37.4 Å². The minimum absolute atomic E-state index is 0.0176. The Morgan fingerprint density at radius 2 is 1.51 bits per heavy atom. The molecule has 0 radical (unpaired) electrons. The summed E-state index contributed by atoms with van der Waals surface area (Å²) in [4.78, 5) is 45.4. The largest absolute Gasteiger partial charge is 0.367 e. The first-order valence-electron chi connectivity index (χ1n) is 13.7. The lowest BCUT2D eigenvalue weighted by Gasteiger charge is -2.38. The molecule has 2 aliphatic rings. The number of anilines is 2. The molecule has 0 aliphatic carbocycles. The Morgan fingerprint density at radius 1 is 0.838 bits per heavy atom. The van der Waals surface area contributed by atoms with E-state index in [9.17, 15) is 14.4 Å². The number of nitrogens with zero attached hydrogens (tertiary/aromatic N) is 3. The Balaban J connectivity index is 1.51. The van der Waals surface area contributed by atoms with Crippen LogP contribution in [0.3, 0.4) is 0 Å². The molecule has 0 aromatic heterocycles. The van der Waals surface area contributed by atoms with E-state index in [0.717, 1.165) is 50.0 Å². The lowest BCUT2D eigenvalue weighted by atomic mass is 9.94. The van der Waals surface area contributed by atoms with Gasteiger partial charge < -0.3 is 20.0 Å². The van der Waals surface area contributed by atoms with Crippen LogP contribution >= 0.6 is 0 Å². The van der Waals surface area contributed by atoms with Crippen molar-refractivity contribution in [1.29, 1.82) is 0 Å². The monoisotopic (exact) mass is 504 g/mol. The third kappa shape index (κ3) is 6.32. The zero-order chi connectivity index (χ0) is 26.4. The van der Waals surface area contributed by atoms with Crippen LogP contribution in [0.15, 0.2) is 48.5 Å². The smallest absolute Gasteiger partial charge is 0.256 e. The number of carbonyl (C=O) groups is 3. The number of carbonyl (C=O) groups excluding carboxylic acids is 3. The van der Waals surface area contributed by atoms with Gasteiger partial charge in [0.2, 0.25) is 11.8 Å². The zero-order valence-electron chi connectivity index (χ0n) is 22.4. The first-order valence-corrected chi connectivity index (χ1v) is 13.7. The Kier molecular flexibility index (Phi) is 8.85. The van der Waals surface area contributed by atoms with Crippen LogP contribution in [0.1, 0.15) is 68.3 Å². The zero-order valence-corrected chi connectivity index (χ0v) is 22.4. The van der Waals surface area contributed by atoms with Crippen LogP contribution in [0, 0.1) is 5.92 Å². The molecule has 7 nitrogen and oxygen atoms in total. The molecule has 1 N–H and O–H groups in total. The maximum atomic E-state index is 13.6. The molecular formula is C30H40N4O3. The summed E-state index contributed by atoms with van der Waals surface area (Å²) < 4.78 is 0. The Morgan fingerprint density at radius 3 is 2.14 bits per heavy atom. The fraction of sp³-hybridized carbons (Fsp3) is 0.500. The second kappa shape index (κ2) is 12.3. The predicted octanol–water partition coefficient (Wildman–Crippen LogP) is 4.75. The van der Waals surface area contributed by atoms with Gasteiger partial charge in [-0.3, -0.25) is 14.4 Å². The summed E-state index contributed by atoms with van der Waals surface area (Å²) in [5.41, 5.74) is 3.20. The van der Waals surface area contributed by atoms with E-state index in [1.807, 2.05) is 72.2 Å². The standard InChI is InChI=1S/C30H40N4O3/c1-4-25(23-11-7-5-8-12-23)29(36)34-19-17-32(18-20-34)27-14-13-24(31-28(35)22(2)3)21-26(27)30(37)33-15-9-6-10-16-33/h5,7-8,11-14,21-22,25H,4,6,9-10,15-20H2,1-3H3,(H,31,35). The van der Waals surface area contributed by atoms with Crippen molar-refractivity contribution in [2.75, 3.05) is 49.5 Å². The number of hydrogen-bond donors (Lipinski definition) is 1. The van der Waals surface area contributed by atoms with E-state index in [-0.39, 0.29) is 29.6 Å². The molecule has 4 rings (SSSR count). The topological polar surface area (TPSA) is 73.0 Å². The van der Waals surface area contributed by atoms with E-state index >= 15 is 0 Å². The summed E-state index contributed by atoms with van der Waals surface area (Å²) in [6.07, 6.45) is 3.96. The van der Waals surface area contributed by atoms with Crippen molar-refractivity contribution in [3.8, 4) is 0 Å². The highest BCUT2D eigenvalue weighted by Gasteiger charge is 2.30. The number of nitrogens with one attached hydrogen (secondary N) is 1. The highest BCUT2D eigenvalue weighted by Crippen LogP contribution is 2.29. The molecule has 198 valence electrons. The van der Waals surface area contributed by atoms with E-state index in [1.165, 1.54) is 0 Å². The molecule has 2 aliphatic heterocycles. The number of piperazine rings is 1. The molecule has 1 unspecified atom stereocenters. The average Bonchev–Trinajstić information content (AvgIpc) is 2.94. The highest BCUT2D eigenvalue weighted by atomic mass is 16.2. The minimum atomic E-state index is -0.144. The van der Waals surface area contributed by atoms with Gasteiger partial charge in [-0.25, -0.2) is 0 Å². The number of piperidine rings is 1. The molecule has 0 saturated carbocycles. The molecule has 2 fully saturated rings. The van der Waals surface area contributed by atoms with Gasteiger partial charge in [-0.2, -0.15) is 0 Å². The molecule has 0 spiro atoms. The van der Waals surface area contributed by atoms with Gasteiger partial charge >= 0.3 is 0 Å². The van der Waals surface area contributed by atoms with Gasteiger partial charge in [-0.15, -0.1) is 0 Å². The summed E-state index contributed by atoms with van der Waals surface area (Å²) >= 11 is 0. The third-order valence-corrected chi connectivity index (χ3v) is 7.50. The lowest BCUT2D eigenvalue weighted by molar-refractivity contribution is -0.133. The van der Waals surface area contributed by atoms with Crippen LogP contribution in [0.5, 0.6) is 0 Å².